The Morgan fingerprint density at radius 3 is 2.72 bits per heavy atom. The highest BCUT2D eigenvalue weighted by Crippen LogP contribution is 2.40. The first kappa shape index (κ1) is 21.5. The van der Waals surface area contributed by atoms with Gasteiger partial charge in [0.25, 0.3) is 5.69 Å². The molecule has 0 amide bonds. The quantitative estimate of drug-likeness (QED) is 0.261. The van der Waals surface area contributed by atoms with Crippen LogP contribution in [0.25, 0.3) is 0 Å². The number of nitro benzene ring substituents is 1. The van der Waals surface area contributed by atoms with Gasteiger partial charge in [-0.1, -0.05) is 30.3 Å². The third-order valence-corrected chi connectivity index (χ3v) is 6.53. The first-order valence-electron chi connectivity index (χ1n) is 10.2. The summed E-state index contributed by atoms with van der Waals surface area (Å²) in [4.78, 5) is 16.9. The zero-order chi connectivity index (χ0) is 22.5. The minimum Gasteiger partial charge on any atom is -0.493 e. The maximum Gasteiger partial charge on any atom is 0.282 e. The van der Waals surface area contributed by atoms with Crippen molar-refractivity contribution in [3.05, 3.63) is 79.7 Å². The van der Waals surface area contributed by atoms with E-state index in [0.29, 0.717) is 16.3 Å². The summed E-state index contributed by atoms with van der Waals surface area (Å²) in [5, 5.41) is 21.9. The molecule has 0 unspecified atom stereocenters. The molecule has 2 aromatic carbocycles. The third kappa shape index (κ3) is 4.48. The predicted molar refractivity (Wildman–Crippen MR) is 123 cm³/mol. The van der Waals surface area contributed by atoms with E-state index in [1.165, 1.54) is 35.6 Å². The van der Waals surface area contributed by atoms with E-state index < -0.39 is 4.92 Å². The average Bonchev–Trinajstić information content (AvgIpc) is 3.19. The number of aliphatic imine (C=N–C) groups is 1. The zero-order valence-electron chi connectivity index (χ0n) is 17.5. The van der Waals surface area contributed by atoms with Crippen molar-refractivity contribution in [1.82, 2.24) is 0 Å². The SMILES string of the molecule is COc1cc(C=Nc2sc3c(c2C#N)CCCC3)c([N+](=O)[O-])cc1OCc1ccccc1. The summed E-state index contributed by atoms with van der Waals surface area (Å²) in [5.41, 5.74) is 2.74. The van der Waals surface area contributed by atoms with Crippen molar-refractivity contribution in [3.8, 4) is 17.6 Å². The van der Waals surface area contributed by atoms with Crippen LogP contribution in [-0.4, -0.2) is 18.2 Å². The predicted octanol–water partition coefficient (Wildman–Crippen LogP) is 5.74. The van der Waals surface area contributed by atoms with Crippen LogP contribution in [0.1, 0.15) is 40.0 Å². The topological polar surface area (TPSA) is 97.8 Å². The van der Waals surface area contributed by atoms with Gasteiger partial charge in [0.1, 0.15) is 17.7 Å². The highest BCUT2D eigenvalue weighted by Gasteiger charge is 2.22. The number of hydrogen-bond donors (Lipinski definition) is 0. The fourth-order valence-electron chi connectivity index (χ4n) is 3.72. The van der Waals surface area contributed by atoms with Gasteiger partial charge in [0.2, 0.25) is 0 Å². The van der Waals surface area contributed by atoms with Crippen LogP contribution >= 0.6 is 11.3 Å². The monoisotopic (exact) mass is 447 g/mol. The molecule has 0 bridgehead atoms. The summed E-state index contributed by atoms with van der Waals surface area (Å²) in [7, 11) is 1.48. The second kappa shape index (κ2) is 9.62. The molecule has 1 aromatic heterocycles. The molecule has 1 aliphatic carbocycles. The number of nitrogens with zero attached hydrogens (tertiary/aromatic N) is 3. The Balaban J connectivity index is 1.66. The lowest BCUT2D eigenvalue weighted by Gasteiger charge is -2.12. The first-order valence-corrected chi connectivity index (χ1v) is 11.0. The fraction of sp³-hybridized carbons (Fsp3) is 0.250. The van der Waals surface area contributed by atoms with Crippen molar-refractivity contribution < 1.29 is 14.4 Å². The van der Waals surface area contributed by atoms with Crippen molar-refractivity contribution in [3.63, 3.8) is 0 Å². The number of nitro groups is 1. The number of methoxy groups -OCH3 is 1. The average molecular weight is 448 g/mol. The molecule has 0 radical (unpaired) electrons. The Hall–Kier alpha value is -3.70. The Kier molecular flexibility index (Phi) is 6.47. The second-order valence-corrected chi connectivity index (χ2v) is 8.44. The smallest absolute Gasteiger partial charge is 0.282 e. The van der Waals surface area contributed by atoms with Gasteiger partial charge < -0.3 is 9.47 Å². The molecule has 0 N–H and O–H groups in total. The molecule has 1 heterocycles. The molecular weight excluding hydrogens is 426 g/mol. The number of rotatable bonds is 7. The molecule has 0 aliphatic heterocycles. The van der Waals surface area contributed by atoms with Crippen LogP contribution in [0.15, 0.2) is 47.5 Å². The lowest BCUT2D eigenvalue weighted by molar-refractivity contribution is -0.385. The number of nitriles is 1. The van der Waals surface area contributed by atoms with E-state index in [1.54, 1.807) is 6.07 Å². The van der Waals surface area contributed by atoms with Crippen molar-refractivity contribution in [2.75, 3.05) is 7.11 Å². The van der Waals surface area contributed by atoms with Gasteiger partial charge in [-0.15, -0.1) is 11.3 Å². The normalized spacial score (nSPS) is 12.9. The summed E-state index contributed by atoms with van der Waals surface area (Å²) in [6.07, 6.45) is 5.43. The number of benzene rings is 2. The minimum absolute atomic E-state index is 0.141. The van der Waals surface area contributed by atoms with Crippen LogP contribution in [0.5, 0.6) is 11.5 Å². The van der Waals surface area contributed by atoms with Gasteiger partial charge in [0.15, 0.2) is 11.5 Å². The van der Waals surface area contributed by atoms with Gasteiger partial charge >= 0.3 is 0 Å². The Morgan fingerprint density at radius 1 is 1.22 bits per heavy atom. The van der Waals surface area contributed by atoms with Gasteiger partial charge in [-0.2, -0.15) is 5.26 Å². The van der Waals surface area contributed by atoms with Crippen molar-refractivity contribution in [1.29, 1.82) is 5.26 Å². The maximum absolute atomic E-state index is 11.7. The van der Waals surface area contributed by atoms with Crippen LogP contribution in [-0.2, 0) is 19.4 Å². The van der Waals surface area contributed by atoms with Crippen molar-refractivity contribution in [2.45, 2.75) is 32.3 Å². The lowest BCUT2D eigenvalue weighted by Crippen LogP contribution is -2.01. The van der Waals surface area contributed by atoms with E-state index in [1.807, 2.05) is 30.3 Å². The van der Waals surface area contributed by atoms with Gasteiger partial charge in [-0.3, -0.25) is 10.1 Å². The van der Waals surface area contributed by atoms with E-state index >= 15 is 0 Å². The number of thiophene rings is 1. The van der Waals surface area contributed by atoms with Crippen molar-refractivity contribution in [2.24, 2.45) is 4.99 Å². The van der Waals surface area contributed by atoms with Gasteiger partial charge in [0, 0.05) is 11.1 Å². The molecule has 32 heavy (non-hydrogen) atoms. The molecule has 1 aliphatic rings. The van der Waals surface area contributed by atoms with Crippen LogP contribution < -0.4 is 9.47 Å². The number of ether oxygens (including phenoxy) is 2. The number of fused-ring (bicyclic) bond motifs is 1. The fourth-order valence-corrected chi connectivity index (χ4v) is 4.90. The van der Waals surface area contributed by atoms with E-state index in [4.69, 9.17) is 9.47 Å². The van der Waals surface area contributed by atoms with E-state index in [0.717, 1.165) is 36.8 Å². The third-order valence-electron chi connectivity index (χ3n) is 5.33. The summed E-state index contributed by atoms with van der Waals surface area (Å²) in [5.74, 6) is 0.656. The molecular formula is C24H21N3O4S. The molecule has 3 aromatic rings. The zero-order valence-corrected chi connectivity index (χ0v) is 18.4. The highest BCUT2D eigenvalue weighted by molar-refractivity contribution is 7.16. The standard InChI is InChI=1S/C24H21N3O4S/c1-30-21-11-17(14-26-24-19(13-25)18-9-5-6-10-23(18)32-24)20(27(28)29)12-22(21)31-15-16-7-3-2-4-8-16/h2-4,7-8,11-12,14H,5-6,9-10,15H2,1H3. The molecule has 8 heteroatoms. The molecule has 0 saturated carbocycles. The Morgan fingerprint density at radius 2 is 2.00 bits per heavy atom. The Labute approximate surface area is 189 Å². The summed E-state index contributed by atoms with van der Waals surface area (Å²) in [6.45, 7) is 0.258. The summed E-state index contributed by atoms with van der Waals surface area (Å²) < 4.78 is 11.2. The summed E-state index contributed by atoms with van der Waals surface area (Å²) in [6, 6.07) is 14.7. The largest absolute Gasteiger partial charge is 0.493 e. The molecule has 0 saturated heterocycles. The Bertz CT molecular complexity index is 1210. The highest BCUT2D eigenvalue weighted by atomic mass is 32.1. The van der Waals surface area contributed by atoms with Crippen LogP contribution in [0.2, 0.25) is 0 Å². The van der Waals surface area contributed by atoms with Crippen LogP contribution in [0, 0.1) is 21.4 Å². The second-order valence-electron chi connectivity index (χ2n) is 7.35. The molecule has 162 valence electrons. The molecule has 7 nitrogen and oxygen atoms in total. The number of hydrogen-bond acceptors (Lipinski definition) is 7. The number of aryl methyl sites for hydroxylation is 1. The first-order chi connectivity index (χ1) is 15.6. The molecule has 0 fully saturated rings. The van der Waals surface area contributed by atoms with Crippen LogP contribution in [0.4, 0.5) is 10.7 Å². The molecule has 0 spiro atoms. The van der Waals surface area contributed by atoms with Gasteiger partial charge in [-0.05, 0) is 42.9 Å². The van der Waals surface area contributed by atoms with Gasteiger partial charge in [0.05, 0.1) is 29.2 Å². The maximum atomic E-state index is 11.7. The van der Waals surface area contributed by atoms with E-state index in [9.17, 15) is 15.4 Å². The molecule has 0 atom stereocenters. The van der Waals surface area contributed by atoms with E-state index in [2.05, 4.69) is 11.1 Å². The molecule has 4 rings (SSSR count). The van der Waals surface area contributed by atoms with Gasteiger partial charge in [-0.25, -0.2) is 4.99 Å². The van der Waals surface area contributed by atoms with Crippen molar-refractivity contribution >= 4 is 28.2 Å². The van der Waals surface area contributed by atoms with Crippen LogP contribution in [0.3, 0.4) is 0 Å². The minimum atomic E-state index is -0.471. The van der Waals surface area contributed by atoms with E-state index in [-0.39, 0.29) is 23.6 Å². The lowest BCUT2D eigenvalue weighted by atomic mass is 9.96. The summed E-state index contributed by atoms with van der Waals surface area (Å²) >= 11 is 1.49.